The number of nitrogens with one attached hydrogen (secondary N) is 1. The lowest BCUT2D eigenvalue weighted by Gasteiger charge is -2.10. The number of hydrogen-bond acceptors (Lipinski definition) is 3. The first-order valence-electron chi connectivity index (χ1n) is 6.12. The molecule has 0 saturated heterocycles. The molecule has 0 aliphatic heterocycles. The smallest absolute Gasteiger partial charge is 0.405 e. The van der Waals surface area contributed by atoms with E-state index in [1.807, 2.05) is 0 Å². The van der Waals surface area contributed by atoms with Gasteiger partial charge in [-0.05, 0) is 36.1 Å². The molecule has 0 bridgehead atoms. The van der Waals surface area contributed by atoms with Crippen molar-refractivity contribution in [3.63, 3.8) is 0 Å². The van der Waals surface area contributed by atoms with Gasteiger partial charge in [-0.1, -0.05) is 6.07 Å². The van der Waals surface area contributed by atoms with Crippen LogP contribution < -0.4 is 10.1 Å². The maximum Gasteiger partial charge on any atom is 0.405 e. The van der Waals surface area contributed by atoms with Crippen LogP contribution in [0.2, 0.25) is 0 Å². The normalized spacial score (nSPS) is 17.7. The van der Waals surface area contributed by atoms with E-state index in [-0.39, 0.29) is 0 Å². The van der Waals surface area contributed by atoms with Crippen molar-refractivity contribution >= 4 is 5.91 Å². The van der Waals surface area contributed by atoms with Gasteiger partial charge in [0.25, 0.3) is 5.91 Å². The molecule has 1 aliphatic rings. The highest BCUT2D eigenvalue weighted by Gasteiger charge is 2.27. The maximum atomic E-state index is 11.9. The lowest BCUT2D eigenvalue weighted by Crippen LogP contribution is -2.36. The van der Waals surface area contributed by atoms with Gasteiger partial charge in [0.15, 0.2) is 6.61 Å². The Hall–Kier alpha value is -1.76. The zero-order valence-electron chi connectivity index (χ0n) is 10.5. The summed E-state index contributed by atoms with van der Waals surface area (Å²) in [7, 11) is 0. The molecule has 0 spiro atoms. The highest BCUT2D eigenvalue weighted by molar-refractivity contribution is 5.77. The van der Waals surface area contributed by atoms with E-state index < -0.39 is 31.3 Å². The van der Waals surface area contributed by atoms with Crippen molar-refractivity contribution in [2.75, 3.05) is 13.2 Å². The molecule has 2 rings (SSSR count). The van der Waals surface area contributed by atoms with Gasteiger partial charge >= 0.3 is 6.18 Å². The number of benzene rings is 1. The molecule has 0 heterocycles. The molecule has 1 amide bonds. The first kappa shape index (κ1) is 14.6. The third kappa shape index (κ3) is 3.86. The van der Waals surface area contributed by atoms with Crippen LogP contribution >= 0.6 is 0 Å². The number of rotatable bonds is 4. The molecule has 0 radical (unpaired) electrons. The molecular formula is C13H14F3NO3. The van der Waals surface area contributed by atoms with E-state index in [4.69, 9.17) is 4.74 Å². The van der Waals surface area contributed by atoms with Crippen LogP contribution in [-0.2, 0) is 11.2 Å². The van der Waals surface area contributed by atoms with Gasteiger partial charge in [0.2, 0.25) is 0 Å². The van der Waals surface area contributed by atoms with E-state index in [9.17, 15) is 23.1 Å². The molecule has 20 heavy (non-hydrogen) atoms. The monoisotopic (exact) mass is 289 g/mol. The van der Waals surface area contributed by atoms with Crippen LogP contribution in [0.3, 0.4) is 0 Å². The summed E-state index contributed by atoms with van der Waals surface area (Å²) in [5.41, 5.74) is 1.77. The van der Waals surface area contributed by atoms with Gasteiger partial charge in [-0.25, -0.2) is 0 Å². The minimum Gasteiger partial charge on any atom is -0.484 e. The summed E-state index contributed by atoms with van der Waals surface area (Å²) in [5.74, 6) is -0.428. The number of carbonyl (C=O) groups is 1. The molecule has 4 nitrogen and oxygen atoms in total. The number of aliphatic hydroxyl groups excluding tert-OH is 1. The van der Waals surface area contributed by atoms with Crippen LogP contribution in [0.1, 0.15) is 23.7 Å². The minimum absolute atomic E-state index is 0.403. The van der Waals surface area contributed by atoms with Crippen molar-refractivity contribution in [1.82, 2.24) is 5.32 Å². The van der Waals surface area contributed by atoms with Crippen molar-refractivity contribution in [2.45, 2.75) is 25.1 Å². The average Bonchev–Trinajstić information content (AvgIpc) is 2.74. The molecule has 0 fully saturated rings. The van der Waals surface area contributed by atoms with E-state index in [1.54, 1.807) is 23.5 Å². The van der Waals surface area contributed by atoms with Crippen LogP contribution in [0.5, 0.6) is 5.75 Å². The predicted octanol–water partition coefficient (Wildman–Crippen LogP) is 1.72. The fraction of sp³-hybridized carbons (Fsp3) is 0.462. The number of halogens is 3. The molecule has 0 unspecified atom stereocenters. The van der Waals surface area contributed by atoms with Crippen molar-refractivity contribution in [1.29, 1.82) is 0 Å². The van der Waals surface area contributed by atoms with Gasteiger partial charge in [-0.3, -0.25) is 4.79 Å². The summed E-state index contributed by atoms with van der Waals surface area (Å²) in [6, 6.07) is 4.99. The van der Waals surface area contributed by atoms with Gasteiger partial charge in [0, 0.05) is 0 Å². The minimum atomic E-state index is -4.43. The van der Waals surface area contributed by atoms with Gasteiger partial charge in [-0.15, -0.1) is 0 Å². The first-order valence-corrected chi connectivity index (χ1v) is 6.12. The molecular weight excluding hydrogens is 275 g/mol. The van der Waals surface area contributed by atoms with Gasteiger partial charge in [0.05, 0.1) is 6.10 Å². The van der Waals surface area contributed by atoms with E-state index >= 15 is 0 Å². The van der Waals surface area contributed by atoms with Crippen LogP contribution in [0.15, 0.2) is 18.2 Å². The molecule has 1 aromatic carbocycles. The zero-order chi connectivity index (χ0) is 14.8. The standard InChI is InChI=1S/C13H14F3NO3/c14-13(15,16)7-17-12(19)6-20-9-2-3-10-8(5-9)1-4-11(10)18/h2-3,5,11,18H,1,4,6-7H2,(H,17,19)/t11-/m0/s1. The molecule has 1 aliphatic carbocycles. The number of fused-ring (bicyclic) bond motifs is 1. The number of amides is 1. The Morgan fingerprint density at radius 2 is 2.20 bits per heavy atom. The summed E-state index contributed by atoms with van der Waals surface area (Å²) in [5, 5.41) is 11.3. The Morgan fingerprint density at radius 1 is 1.45 bits per heavy atom. The van der Waals surface area contributed by atoms with Crippen LogP contribution in [0.25, 0.3) is 0 Å². The highest BCUT2D eigenvalue weighted by atomic mass is 19.4. The third-order valence-electron chi connectivity index (χ3n) is 3.02. The predicted molar refractivity (Wildman–Crippen MR) is 64.3 cm³/mol. The van der Waals surface area contributed by atoms with E-state index in [2.05, 4.69) is 0 Å². The molecule has 2 N–H and O–H groups in total. The molecule has 0 aromatic heterocycles. The summed E-state index contributed by atoms with van der Waals surface area (Å²) in [6.45, 7) is -1.84. The first-order chi connectivity index (χ1) is 9.35. The SMILES string of the molecule is O=C(COc1ccc2c(c1)CC[C@@H]2O)NCC(F)(F)F. The van der Waals surface area contributed by atoms with Crippen molar-refractivity contribution in [2.24, 2.45) is 0 Å². The second-order valence-corrected chi connectivity index (χ2v) is 4.60. The lowest BCUT2D eigenvalue weighted by atomic mass is 10.1. The number of aliphatic hydroxyl groups is 1. The number of hydrogen-bond donors (Lipinski definition) is 2. The largest absolute Gasteiger partial charge is 0.484 e. The Morgan fingerprint density at radius 3 is 2.90 bits per heavy atom. The highest BCUT2D eigenvalue weighted by Crippen LogP contribution is 2.33. The Kier molecular flexibility index (Phi) is 4.17. The van der Waals surface area contributed by atoms with Gasteiger partial charge < -0.3 is 15.2 Å². The number of ether oxygens (including phenoxy) is 1. The molecule has 0 saturated carbocycles. The Bertz CT molecular complexity index is 502. The van der Waals surface area contributed by atoms with Crippen molar-refractivity contribution < 1.29 is 27.8 Å². The second kappa shape index (κ2) is 5.70. The molecule has 1 atom stereocenters. The Balaban J connectivity index is 1.84. The molecule has 7 heteroatoms. The Labute approximate surface area is 113 Å². The van der Waals surface area contributed by atoms with Crippen molar-refractivity contribution in [3.8, 4) is 5.75 Å². The van der Waals surface area contributed by atoms with Gasteiger partial charge in [-0.2, -0.15) is 13.2 Å². The van der Waals surface area contributed by atoms with Gasteiger partial charge in [0.1, 0.15) is 12.3 Å². The fourth-order valence-electron chi connectivity index (χ4n) is 2.06. The molecule has 1 aromatic rings. The van der Waals surface area contributed by atoms with E-state index in [0.29, 0.717) is 18.6 Å². The summed E-state index contributed by atoms with van der Waals surface area (Å²) < 4.78 is 40.8. The van der Waals surface area contributed by atoms with Crippen molar-refractivity contribution in [3.05, 3.63) is 29.3 Å². The quantitative estimate of drug-likeness (QED) is 0.887. The number of aryl methyl sites for hydroxylation is 1. The number of alkyl halides is 3. The zero-order valence-corrected chi connectivity index (χ0v) is 10.5. The van der Waals surface area contributed by atoms with E-state index in [0.717, 1.165) is 11.1 Å². The van der Waals surface area contributed by atoms with Crippen LogP contribution in [0, 0.1) is 0 Å². The number of carbonyl (C=O) groups excluding carboxylic acids is 1. The molecule has 110 valence electrons. The van der Waals surface area contributed by atoms with Crippen LogP contribution in [-0.4, -0.2) is 30.3 Å². The second-order valence-electron chi connectivity index (χ2n) is 4.60. The summed E-state index contributed by atoms with van der Waals surface area (Å²) in [4.78, 5) is 11.2. The van der Waals surface area contributed by atoms with Crippen LogP contribution in [0.4, 0.5) is 13.2 Å². The fourth-order valence-corrected chi connectivity index (χ4v) is 2.06. The topological polar surface area (TPSA) is 58.6 Å². The maximum absolute atomic E-state index is 11.9. The lowest BCUT2D eigenvalue weighted by molar-refractivity contribution is -0.139. The average molecular weight is 289 g/mol. The van der Waals surface area contributed by atoms with E-state index in [1.165, 1.54) is 0 Å². The summed E-state index contributed by atoms with van der Waals surface area (Å²) >= 11 is 0. The summed E-state index contributed by atoms with van der Waals surface area (Å²) in [6.07, 6.45) is -3.55. The third-order valence-corrected chi connectivity index (χ3v) is 3.02.